The van der Waals surface area contributed by atoms with E-state index in [0.717, 1.165) is 29.0 Å². The first-order valence-corrected chi connectivity index (χ1v) is 6.84. The molecule has 1 heterocycles. The maximum Gasteiger partial charge on any atom is 0.338 e. The summed E-state index contributed by atoms with van der Waals surface area (Å²) in [6, 6.07) is 13.4. The summed E-state index contributed by atoms with van der Waals surface area (Å²) < 4.78 is 11.1. The van der Waals surface area contributed by atoms with Crippen LogP contribution in [0.2, 0.25) is 0 Å². The molecule has 0 bridgehead atoms. The molecule has 103 valence electrons. The molecular weight excluding hydrogens is 291 g/mol. The minimum atomic E-state index is -0.272. The summed E-state index contributed by atoms with van der Waals surface area (Å²) in [6.45, 7) is 2.42. The Bertz CT molecular complexity index is 652. The standard InChI is InChI=1S/C17H16O3.K/c1-2-10-19-17(18)13-7-5-9-16-14(13)11-12-6-3-4-8-15(12)20-16;/h3-9H,2,10-11H2,1H3;. The molecule has 1 aliphatic heterocycles. The third-order valence-electron chi connectivity index (χ3n) is 3.35. The van der Waals surface area contributed by atoms with Crippen LogP contribution in [0.25, 0.3) is 0 Å². The van der Waals surface area contributed by atoms with E-state index in [-0.39, 0.29) is 57.4 Å². The molecule has 1 aliphatic rings. The van der Waals surface area contributed by atoms with E-state index in [1.807, 2.05) is 43.3 Å². The topological polar surface area (TPSA) is 35.5 Å². The van der Waals surface area contributed by atoms with E-state index in [4.69, 9.17) is 9.47 Å². The van der Waals surface area contributed by atoms with Crippen LogP contribution < -0.4 is 4.74 Å². The maximum absolute atomic E-state index is 12.1. The van der Waals surface area contributed by atoms with E-state index >= 15 is 0 Å². The van der Waals surface area contributed by atoms with Gasteiger partial charge in [-0.2, -0.15) is 0 Å². The van der Waals surface area contributed by atoms with Gasteiger partial charge in [-0.05, 0) is 30.2 Å². The first kappa shape index (κ1) is 16.7. The van der Waals surface area contributed by atoms with Crippen LogP contribution in [-0.2, 0) is 11.2 Å². The Balaban J connectivity index is 0.00000161. The molecule has 21 heavy (non-hydrogen) atoms. The fourth-order valence-electron chi connectivity index (χ4n) is 2.37. The molecular formula is C17H16KO3. The summed E-state index contributed by atoms with van der Waals surface area (Å²) >= 11 is 0. The Hall–Kier alpha value is -0.654. The van der Waals surface area contributed by atoms with Gasteiger partial charge in [0.05, 0.1) is 12.2 Å². The fraction of sp³-hybridized carbons (Fsp3) is 0.235. The quantitative estimate of drug-likeness (QED) is 0.548. The molecule has 0 unspecified atom stereocenters. The van der Waals surface area contributed by atoms with Gasteiger partial charge in [0.25, 0.3) is 0 Å². The molecule has 3 nitrogen and oxygen atoms in total. The van der Waals surface area contributed by atoms with Crippen molar-refractivity contribution in [1.82, 2.24) is 0 Å². The minimum absolute atomic E-state index is 0. The zero-order chi connectivity index (χ0) is 13.9. The van der Waals surface area contributed by atoms with Gasteiger partial charge in [0.2, 0.25) is 0 Å². The molecule has 0 aliphatic carbocycles. The summed E-state index contributed by atoms with van der Waals surface area (Å²) in [5.41, 5.74) is 2.61. The number of hydrogen-bond donors (Lipinski definition) is 0. The molecule has 0 aromatic heterocycles. The molecule has 0 saturated heterocycles. The summed E-state index contributed by atoms with van der Waals surface area (Å²) in [4.78, 5) is 12.1. The maximum atomic E-state index is 12.1. The number of carbonyl (C=O) groups excluding carboxylic acids is 1. The number of ether oxygens (including phenoxy) is 2. The SMILES string of the molecule is CCCOC(=O)c1cccc2c1Cc1ccccc1O2.[K]. The monoisotopic (exact) mass is 307 g/mol. The van der Waals surface area contributed by atoms with Crippen LogP contribution in [0, 0.1) is 0 Å². The van der Waals surface area contributed by atoms with Crippen molar-refractivity contribution in [2.45, 2.75) is 19.8 Å². The average molecular weight is 307 g/mol. The van der Waals surface area contributed by atoms with Crippen molar-refractivity contribution in [3.05, 3.63) is 59.2 Å². The Morgan fingerprint density at radius 1 is 1.14 bits per heavy atom. The van der Waals surface area contributed by atoms with Gasteiger partial charge in [0.15, 0.2) is 0 Å². The first-order valence-electron chi connectivity index (χ1n) is 6.84. The van der Waals surface area contributed by atoms with Crippen molar-refractivity contribution < 1.29 is 14.3 Å². The second-order valence-corrected chi connectivity index (χ2v) is 4.80. The molecule has 1 radical (unpaired) electrons. The molecule has 0 amide bonds. The van der Waals surface area contributed by atoms with Crippen molar-refractivity contribution >= 4 is 57.4 Å². The van der Waals surface area contributed by atoms with Gasteiger partial charge < -0.3 is 9.47 Å². The third-order valence-corrected chi connectivity index (χ3v) is 3.35. The largest absolute Gasteiger partial charge is 0.462 e. The van der Waals surface area contributed by atoms with Crippen molar-refractivity contribution in [1.29, 1.82) is 0 Å². The Morgan fingerprint density at radius 2 is 1.90 bits per heavy atom. The Morgan fingerprint density at radius 3 is 2.71 bits per heavy atom. The molecule has 3 rings (SSSR count). The zero-order valence-electron chi connectivity index (χ0n) is 12.4. The van der Waals surface area contributed by atoms with E-state index in [9.17, 15) is 4.79 Å². The van der Waals surface area contributed by atoms with Crippen molar-refractivity contribution in [3.63, 3.8) is 0 Å². The minimum Gasteiger partial charge on any atom is -0.462 e. The van der Waals surface area contributed by atoms with Crippen LogP contribution in [-0.4, -0.2) is 64.0 Å². The number of fused-ring (bicyclic) bond motifs is 2. The van der Waals surface area contributed by atoms with Gasteiger partial charge in [-0.25, -0.2) is 4.79 Å². The van der Waals surface area contributed by atoms with Crippen LogP contribution in [0.1, 0.15) is 34.8 Å². The summed E-state index contributed by atoms with van der Waals surface area (Å²) in [6.07, 6.45) is 1.52. The van der Waals surface area contributed by atoms with Gasteiger partial charge in [-0.3, -0.25) is 0 Å². The van der Waals surface area contributed by atoms with E-state index in [1.165, 1.54) is 0 Å². The van der Waals surface area contributed by atoms with Crippen LogP contribution in [0.15, 0.2) is 42.5 Å². The normalized spacial score (nSPS) is 11.5. The van der Waals surface area contributed by atoms with Gasteiger partial charge in [-0.15, -0.1) is 0 Å². The summed E-state index contributed by atoms with van der Waals surface area (Å²) in [7, 11) is 0. The van der Waals surface area contributed by atoms with E-state index in [1.54, 1.807) is 6.07 Å². The predicted octanol–water partition coefficient (Wildman–Crippen LogP) is 3.57. The van der Waals surface area contributed by atoms with Crippen LogP contribution in [0.4, 0.5) is 0 Å². The fourth-order valence-corrected chi connectivity index (χ4v) is 2.37. The average Bonchev–Trinajstić information content (AvgIpc) is 2.50. The van der Waals surface area contributed by atoms with Gasteiger partial charge in [-0.1, -0.05) is 31.2 Å². The summed E-state index contributed by atoms with van der Waals surface area (Å²) in [5.74, 6) is 1.33. The smallest absolute Gasteiger partial charge is 0.338 e. The molecule has 0 spiro atoms. The van der Waals surface area contributed by atoms with Crippen LogP contribution >= 0.6 is 0 Å². The molecule has 0 fully saturated rings. The van der Waals surface area contributed by atoms with E-state index in [0.29, 0.717) is 18.6 Å². The molecule has 0 N–H and O–H groups in total. The van der Waals surface area contributed by atoms with Gasteiger partial charge in [0.1, 0.15) is 11.5 Å². The second-order valence-electron chi connectivity index (χ2n) is 4.80. The third kappa shape index (κ3) is 3.58. The number of hydrogen-bond acceptors (Lipinski definition) is 3. The number of benzene rings is 2. The van der Waals surface area contributed by atoms with Crippen LogP contribution in [0.3, 0.4) is 0 Å². The predicted molar refractivity (Wildman–Crippen MR) is 82.1 cm³/mol. The van der Waals surface area contributed by atoms with E-state index < -0.39 is 0 Å². The zero-order valence-corrected chi connectivity index (χ0v) is 15.5. The summed E-state index contributed by atoms with van der Waals surface area (Å²) in [5, 5.41) is 0. The number of rotatable bonds is 3. The van der Waals surface area contributed by atoms with Crippen molar-refractivity contribution in [3.8, 4) is 11.5 Å². The molecule has 2 aromatic carbocycles. The van der Waals surface area contributed by atoms with Crippen LogP contribution in [0.5, 0.6) is 11.5 Å². The molecule has 4 heteroatoms. The van der Waals surface area contributed by atoms with Crippen molar-refractivity contribution in [2.75, 3.05) is 6.61 Å². The van der Waals surface area contributed by atoms with E-state index in [2.05, 4.69) is 0 Å². The second kappa shape index (κ2) is 7.56. The molecule has 0 atom stereocenters. The van der Waals surface area contributed by atoms with Gasteiger partial charge in [0, 0.05) is 63.4 Å². The Kier molecular flexibility index (Phi) is 6.02. The molecule has 2 aromatic rings. The number of esters is 1. The number of para-hydroxylation sites is 1. The first-order chi connectivity index (χ1) is 9.79. The van der Waals surface area contributed by atoms with Crippen molar-refractivity contribution in [2.24, 2.45) is 0 Å². The number of carbonyl (C=O) groups is 1. The molecule has 0 saturated carbocycles. The van der Waals surface area contributed by atoms with Gasteiger partial charge >= 0.3 is 5.97 Å². The Labute approximate surface area is 167 Å².